The monoisotopic (exact) mass is 142 g/mol. The van der Waals surface area contributed by atoms with E-state index >= 15 is 0 Å². The van der Waals surface area contributed by atoms with Gasteiger partial charge in [-0.1, -0.05) is 0 Å². The Morgan fingerprint density at radius 2 is 1.80 bits per heavy atom. The first-order chi connectivity index (χ1) is 4.35. The third-order valence-electron chi connectivity index (χ3n) is 0.730. The van der Waals surface area contributed by atoms with E-state index in [-0.39, 0.29) is 32.1 Å². The third-order valence-corrected chi connectivity index (χ3v) is 0.730. The van der Waals surface area contributed by atoms with Gasteiger partial charge >= 0.3 is 26.2 Å². The van der Waals surface area contributed by atoms with Crippen LogP contribution in [0.4, 0.5) is 0 Å². The molecule has 0 aliphatic rings. The molecule has 0 saturated heterocycles. The van der Waals surface area contributed by atoms with Crippen molar-refractivity contribution in [2.45, 2.75) is 0 Å². The Morgan fingerprint density at radius 1 is 1.30 bits per heavy atom. The molecule has 10 heavy (non-hydrogen) atoms. The fourth-order valence-corrected chi connectivity index (χ4v) is 0.381. The second-order valence-corrected chi connectivity index (χ2v) is 1.35. The summed E-state index contributed by atoms with van der Waals surface area (Å²) in [5, 5.41) is 8.27. The molecule has 0 unspecified atom stereocenters. The Morgan fingerprint density at radius 3 is 2.10 bits per heavy atom. The fourth-order valence-electron chi connectivity index (χ4n) is 0.381. The molecule has 56 valence electrons. The summed E-state index contributed by atoms with van der Waals surface area (Å²) >= 11 is 0. The van der Waals surface area contributed by atoms with Crippen LogP contribution in [-0.2, 0) is 14.0 Å². The summed E-state index contributed by atoms with van der Waals surface area (Å²) in [5.74, 6) is 0. The molecule has 0 saturated carbocycles. The number of rotatable bonds is 5. The summed E-state index contributed by atoms with van der Waals surface area (Å²) in [5.41, 5.74) is 0. The molecular formula is C4H12BLiO4. The van der Waals surface area contributed by atoms with Crippen molar-refractivity contribution in [2.24, 2.45) is 0 Å². The molecule has 0 spiro atoms. The van der Waals surface area contributed by atoms with Crippen LogP contribution >= 0.6 is 0 Å². The van der Waals surface area contributed by atoms with Crippen LogP contribution in [0.3, 0.4) is 0 Å². The maximum atomic E-state index is 8.27. The van der Waals surface area contributed by atoms with Crippen LogP contribution in [0.1, 0.15) is 0 Å². The van der Waals surface area contributed by atoms with Gasteiger partial charge in [-0.3, -0.25) is 0 Å². The third kappa shape index (κ3) is 6.62. The van der Waals surface area contributed by atoms with Crippen LogP contribution in [-0.4, -0.2) is 58.7 Å². The minimum absolute atomic E-state index is 0. The molecule has 0 amide bonds. The first kappa shape index (κ1) is 13.1. The molecule has 0 radical (unpaired) electrons. The molecule has 0 aromatic carbocycles. The summed E-state index contributed by atoms with van der Waals surface area (Å²) in [6.07, 6.45) is 0. The molecule has 0 fully saturated rings. The Bertz CT molecular complexity index is 61.2. The fraction of sp³-hybridized carbons (Fsp3) is 1.00. The van der Waals surface area contributed by atoms with Gasteiger partial charge in [0.1, 0.15) is 0 Å². The van der Waals surface area contributed by atoms with Gasteiger partial charge in [0.2, 0.25) is 0 Å². The molecule has 1 N–H and O–H groups in total. The van der Waals surface area contributed by atoms with Gasteiger partial charge in [-0.2, -0.15) is 0 Å². The first-order valence-corrected chi connectivity index (χ1v) is 2.63. The van der Waals surface area contributed by atoms with Gasteiger partial charge in [0, 0.05) is 14.2 Å². The molecule has 0 aromatic rings. The van der Waals surface area contributed by atoms with Crippen LogP contribution in [0, 0.1) is 0 Å². The van der Waals surface area contributed by atoms with E-state index in [9.17, 15) is 0 Å². The first-order valence-electron chi connectivity index (χ1n) is 2.63. The van der Waals surface area contributed by atoms with Gasteiger partial charge in [-0.25, -0.2) is 0 Å². The Hall–Kier alpha value is 0.502. The van der Waals surface area contributed by atoms with Gasteiger partial charge in [0.25, 0.3) is 0 Å². The van der Waals surface area contributed by atoms with Gasteiger partial charge in [-0.05, 0) is 0 Å². The van der Waals surface area contributed by atoms with E-state index in [1.54, 1.807) is 0 Å². The SMILES string of the molecule is COB(OC)OCCO.[LiH]. The molecule has 0 rings (SSSR count). The molecular weight excluding hydrogens is 130 g/mol. The average Bonchev–Trinajstić information content (AvgIpc) is 1.91. The molecule has 0 aromatic heterocycles. The van der Waals surface area contributed by atoms with E-state index in [0.717, 1.165) is 0 Å². The topological polar surface area (TPSA) is 47.9 Å². The summed E-state index contributed by atoms with van der Waals surface area (Å²) in [6, 6.07) is 0. The Kier molecular flexibility index (Phi) is 12.5. The van der Waals surface area contributed by atoms with Crippen molar-refractivity contribution in [1.82, 2.24) is 0 Å². The summed E-state index contributed by atoms with van der Waals surface area (Å²) in [4.78, 5) is 0. The molecule has 6 heteroatoms. The van der Waals surface area contributed by atoms with Gasteiger partial charge in [-0.15, -0.1) is 0 Å². The molecule has 0 aliphatic heterocycles. The molecule has 4 nitrogen and oxygen atoms in total. The van der Waals surface area contributed by atoms with Crippen molar-refractivity contribution in [3.05, 3.63) is 0 Å². The van der Waals surface area contributed by atoms with E-state index in [1.807, 2.05) is 0 Å². The Balaban J connectivity index is 0. The molecule has 0 aliphatic carbocycles. The van der Waals surface area contributed by atoms with Crippen LogP contribution in [0.25, 0.3) is 0 Å². The van der Waals surface area contributed by atoms with Crippen molar-refractivity contribution < 1.29 is 19.1 Å². The van der Waals surface area contributed by atoms with Crippen molar-refractivity contribution in [2.75, 3.05) is 27.4 Å². The van der Waals surface area contributed by atoms with Gasteiger partial charge < -0.3 is 19.1 Å². The molecule has 0 bridgehead atoms. The summed E-state index contributed by atoms with van der Waals surface area (Å²) in [6.45, 7) is 0.204. The van der Waals surface area contributed by atoms with Crippen LogP contribution in [0.15, 0.2) is 0 Å². The zero-order valence-electron chi connectivity index (χ0n) is 5.66. The predicted octanol–water partition coefficient (Wildman–Crippen LogP) is -1.38. The van der Waals surface area contributed by atoms with Crippen LogP contribution < -0.4 is 0 Å². The van der Waals surface area contributed by atoms with Crippen LogP contribution in [0.5, 0.6) is 0 Å². The maximum absolute atomic E-state index is 8.27. The normalized spacial score (nSPS) is 8.70. The molecule has 0 heterocycles. The second-order valence-electron chi connectivity index (χ2n) is 1.35. The van der Waals surface area contributed by atoms with Crippen LogP contribution in [0.2, 0.25) is 0 Å². The zero-order valence-corrected chi connectivity index (χ0v) is 5.66. The predicted molar refractivity (Wildman–Crippen MR) is 40.0 cm³/mol. The quantitative estimate of drug-likeness (QED) is 0.480. The Labute approximate surface area is 73.2 Å². The van der Waals surface area contributed by atoms with E-state index in [4.69, 9.17) is 9.76 Å². The zero-order chi connectivity index (χ0) is 7.11. The van der Waals surface area contributed by atoms with Crippen molar-refractivity contribution >= 4 is 26.2 Å². The number of aliphatic hydroxyl groups excluding tert-OH is 1. The summed E-state index contributed by atoms with van der Waals surface area (Å²) in [7, 11) is 2.27. The summed E-state index contributed by atoms with van der Waals surface area (Å²) < 4.78 is 14.1. The average molecular weight is 142 g/mol. The van der Waals surface area contributed by atoms with E-state index in [0.29, 0.717) is 0 Å². The van der Waals surface area contributed by atoms with E-state index in [1.165, 1.54) is 14.2 Å². The minimum atomic E-state index is -0.655. The second kappa shape index (κ2) is 9.50. The van der Waals surface area contributed by atoms with Gasteiger partial charge in [0.05, 0.1) is 13.2 Å². The number of hydrogen-bond acceptors (Lipinski definition) is 4. The van der Waals surface area contributed by atoms with Gasteiger partial charge in [0.15, 0.2) is 0 Å². The van der Waals surface area contributed by atoms with Crippen molar-refractivity contribution in [1.29, 1.82) is 0 Å². The van der Waals surface area contributed by atoms with E-state index < -0.39 is 7.32 Å². The number of hydrogen-bond donors (Lipinski definition) is 1. The standard InChI is InChI=1S/C4H11BO4.Li.H/c1-7-5(8-2)9-4-3-6;;/h6H,3-4H2,1-2H3;;. The van der Waals surface area contributed by atoms with E-state index in [2.05, 4.69) is 9.31 Å². The molecule has 0 atom stereocenters. The number of aliphatic hydroxyl groups is 1. The van der Waals surface area contributed by atoms with Crippen molar-refractivity contribution in [3.63, 3.8) is 0 Å². The van der Waals surface area contributed by atoms with Crippen molar-refractivity contribution in [3.8, 4) is 0 Å².